The van der Waals surface area contributed by atoms with Crippen molar-refractivity contribution in [2.45, 2.75) is 52.0 Å². The van der Waals surface area contributed by atoms with Crippen molar-refractivity contribution in [3.63, 3.8) is 0 Å². The molecule has 2 N–H and O–H groups in total. The first-order valence-electron chi connectivity index (χ1n) is 7.82. The van der Waals surface area contributed by atoms with Crippen molar-refractivity contribution in [3.05, 3.63) is 22.8 Å². The molecule has 2 atom stereocenters. The van der Waals surface area contributed by atoms with E-state index >= 15 is 0 Å². The average Bonchev–Trinajstić information content (AvgIpc) is 2.48. The number of hydrogen-bond donors (Lipinski definition) is 2. The molecular weight excluding hydrogens is 286 g/mol. The van der Waals surface area contributed by atoms with Gasteiger partial charge < -0.3 is 10.6 Å². The molecule has 0 aliphatic heterocycles. The minimum absolute atomic E-state index is 0.0785. The van der Waals surface area contributed by atoms with E-state index in [0.717, 1.165) is 19.4 Å². The second-order valence-corrected chi connectivity index (χ2v) is 6.23. The summed E-state index contributed by atoms with van der Waals surface area (Å²) in [6.07, 6.45) is 7.29. The molecule has 1 heterocycles. The van der Waals surface area contributed by atoms with E-state index in [1.165, 1.54) is 19.3 Å². The van der Waals surface area contributed by atoms with Crippen molar-refractivity contribution in [2.24, 2.45) is 5.92 Å². The number of carbonyl (C=O) groups excluding carboxylic acids is 1. The molecule has 1 aliphatic carbocycles. The van der Waals surface area contributed by atoms with Crippen LogP contribution in [0.25, 0.3) is 0 Å². The summed E-state index contributed by atoms with van der Waals surface area (Å²) in [6, 6.07) is 1.96. The molecule has 5 heteroatoms. The number of carbonyl (C=O) groups is 1. The Hall–Kier alpha value is -1.29. The molecule has 0 saturated heterocycles. The Labute approximate surface area is 131 Å². The van der Waals surface area contributed by atoms with Crippen LogP contribution >= 0.6 is 11.6 Å². The van der Waals surface area contributed by atoms with Gasteiger partial charge in [-0.05, 0) is 31.2 Å². The molecule has 1 saturated carbocycles. The summed E-state index contributed by atoms with van der Waals surface area (Å²) in [7, 11) is 0. The summed E-state index contributed by atoms with van der Waals surface area (Å²) >= 11 is 6.18. The number of nitrogens with one attached hydrogen (secondary N) is 2. The van der Waals surface area contributed by atoms with Crippen LogP contribution in [0.5, 0.6) is 0 Å². The van der Waals surface area contributed by atoms with E-state index in [9.17, 15) is 4.79 Å². The largest absolute Gasteiger partial charge is 0.369 e. The molecule has 1 aliphatic rings. The lowest BCUT2D eigenvalue weighted by Gasteiger charge is -2.29. The summed E-state index contributed by atoms with van der Waals surface area (Å²) in [5.41, 5.74) is 0.528. The number of amides is 1. The maximum atomic E-state index is 12.3. The molecule has 1 aromatic rings. The summed E-state index contributed by atoms with van der Waals surface area (Å²) in [5.74, 6) is 1.10. The van der Waals surface area contributed by atoms with Gasteiger partial charge in [0, 0.05) is 18.8 Å². The first kappa shape index (κ1) is 16.1. The first-order valence-corrected chi connectivity index (χ1v) is 8.20. The summed E-state index contributed by atoms with van der Waals surface area (Å²) < 4.78 is 0. The number of rotatable bonds is 5. The lowest BCUT2D eigenvalue weighted by atomic mass is 9.86. The normalized spacial score (nSPS) is 21.9. The highest BCUT2D eigenvalue weighted by Crippen LogP contribution is 2.25. The van der Waals surface area contributed by atoms with E-state index in [-0.39, 0.29) is 11.9 Å². The highest BCUT2D eigenvalue weighted by molar-refractivity contribution is 6.33. The lowest BCUT2D eigenvalue weighted by molar-refractivity contribution is 0.0910. The molecule has 2 rings (SSSR count). The second kappa shape index (κ2) is 7.64. The zero-order valence-electron chi connectivity index (χ0n) is 12.8. The molecule has 0 aromatic carbocycles. The third-order valence-corrected chi connectivity index (χ3v) is 4.36. The van der Waals surface area contributed by atoms with Crippen LogP contribution in [0.1, 0.15) is 56.3 Å². The lowest BCUT2D eigenvalue weighted by Crippen LogP contribution is -2.41. The summed E-state index contributed by atoms with van der Waals surface area (Å²) in [4.78, 5) is 16.6. The van der Waals surface area contributed by atoms with Gasteiger partial charge >= 0.3 is 0 Å². The molecular formula is C16H24ClN3O. The van der Waals surface area contributed by atoms with E-state index in [1.54, 1.807) is 12.3 Å². The Bertz CT molecular complexity index is 492. The molecule has 1 fully saturated rings. The Kier molecular flexibility index (Phi) is 5.85. The SMILES string of the molecule is CCCNc1ncc(C(=O)NC2CCCCC2C)cc1Cl. The van der Waals surface area contributed by atoms with Crippen molar-refractivity contribution in [3.8, 4) is 0 Å². The number of halogens is 1. The minimum Gasteiger partial charge on any atom is -0.369 e. The average molecular weight is 310 g/mol. The van der Waals surface area contributed by atoms with Gasteiger partial charge in [0.25, 0.3) is 5.91 Å². The van der Waals surface area contributed by atoms with Gasteiger partial charge in [-0.2, -0.15) is 0 Å². The van der Waals surface area contributed by atoms with Gasteiger partial charge in [0.05, 0.1) is 10.6 Å². The van der Waals surface area contributed by atoms with Gasteiger partial charge in [-0.15, -0.1) is 0 Å². The van der Waals surface area contributed by atoms with Gasteiger partial charge in [-0.3, -0.25) is 4.79 Å². The molecule has 0 spiro atoms. The van der Waals surface area contributed by atoms with Gasteiger partial charge in [-0.1, -0.05) is 38.3 Å². The first-order chi connectivity index (χ1) is 10.1. The van der Waals surface area contributed by atoms with E-state index in [0.29, 0.717) is 22.3 Å². The molecule has 2 unspecified atom stereocenters. The molecule has 116 valence electrons. The van der Waals surface area contributed by atoms with Gasteiger partial charge in [-0.25, -0.2) is 4.98 Å². The van der Waals surface area contributed by atoms with Gasteiger partial charge in [0.2, 0.25) is 0 Å². The maximum Gasteiger partial charge on any atom is 0.253 e. The van der Waals surface area contributed by atoms with Crippen LogP contribution in [-0.2, 0) is 0 Å². The number of pyridine rings is 1. The third kappa shape index (κ3) is 4.34. The van der Waals surface area contributed by atoms with Crippen LogP contribution in [0.3, 0.4) is 0 Å². The standard InChI is InChI=1S/C16H24ClN3O/c1-3-8-18-15-13(17)9-12(10-19-15)16(21)20-14-7-5-4-6-11(14)2/h9-11,14H,3-8H2,1-2H3,(H,18,19)(H,20,21). The predicted octanol–water partition coefficient (Wildman–Crippen LogP) is 3.87. The fourth-order valence-electron chi connectivity index (χ4n) is 2.72. The predicted molar refractivity (Wildman–Crippen MR) is 86.9 cm³/mol. The fraction of sp³-hybridized carbons (Fsp3) is 0.625. The number of nitrogens with zero attached hydrogens (tertiary/aromatic N) is 1. The third-order valence-electron chi connectivity index (χ3n) is 4.07. The van der Waals surface area contributed by atoms with Crippen molar-refractivity contribution in [1.29, 1.82) is 0 Å². The number of hydrogen-bond acceptors (Lipinski definition) is 3. The highest BCUT2D eigenvalue weighted by atomic mass is 35.5. The Morgan fingerprint density at radius 3 is 2.86 bits per heavy atom. The van der Waals surface area contributed by atoms with Crippen LogP contribution in [0.15, 0.2) is 12.3 Å². The minimum atomic E-state index is -0.0785. The highest BCUT2D eigenvalue weighted by Gasteiger charge is 2.23. The van der Waals surface area contributed by atoms with Gasteiger partial charge in [0.1, 0.15) is 5.82 Å². The smallest absolute Gasteiger partial charge is 0.253 e. The van der Waals surface area contributed by atoms with Crippen LogP contribution in [0.4, 0.5) is 5.82 Å². The molecule has 0 bridgehead atoms. The Morgan fingerprint density at radius 1 is 1.43 bits per heavy atom. The van der Waals surface area contributed by atoms with Gasteiger partial charge in [0.15, 0.2) is 0 Å². The summed E-state index contributed by atoms with van der Waals surface area (Å²) in [5, 5.41) is 6.75. The Morgan fingerprint density at radius 2 is 2.19 bits per heavy atom. The maximum absolute atomic E-state index is 12.3. The van der Waals surface area contributed by atoms with Crippen LogP contribution < -0.4 is 10.6 Å². The monoisotopic (exact) mass is 309 g/mol. The number of anilines is 1. The second-order valence-electron chi connectivity index (χ2n) is 5.82. The topological polar surface area (TPSA) is 54.0 Å². The van der Waals surface area contributed by atoms with Crippen LogP contribution in [0.2, 0.25) is 5.02 Å². The Balaban J connectivity index is 2.00. The fourth-order valence-corrected chi connectivity index (χ4v) is 2.95. The van der Waals surface area contributed by atoms with E-state index < -0.39 is 0 Å². The van der Waals surface area contributed by atoms with Crippen molar-refractivity contribution in [2.75, 3.05) is 11.9 Å². The van der Waals surface area contributed by atoms with Crippen molar-refractivity contribution < 1.29 is 4.79 Å². The molecule has 4 nitrogen and oxygen atoms in total. The zero-order valence-corrected chi connectivity index (χ0v) is 13.5. The molecule has 0 radical (unpaired) electrons. The van der Waals surface area contributed by atoms with Crippen molar-refractivity contribution >= 4 is 23.3 Å². The molecule has 21 heavy (non-hydrogen) atoms. The zero-order chi connectivity index (χ0) is 15.2. The van der Waals surface area contributed by atoms with Crippen molar-refractivity contribution in [1.82, 2.24) is 10.3 Å². The van der Waals surface area contributed by atoms with E-state index in [1.807, 2.05) is 0 Å². The quantitative estimate of drug-likeness (QED) is 0.868. The van der Waals surface area contributed by atoms with Crippen LogP contribution in [-0.4, -0.2) is 23.5 Å². The molecule has 1 amide bonds. The van der Waals surface area contributed by atoms with E-state index in [2.05, 4.69) is 29.5 Å². The molecule has 1 aromatic heterocycles. The number of aromatic nitrogens is 1. The van der Waals surface area contributed by atoms with E-state index in [4.69, 9.17) is 11.6 Å². The summed E-state index contributed by atoms with van der Waals surface area (Å²) in [6.45, 7) is 5.10. The van der Waals surface area contributed by atoms with Crippen LogP contribution in [0, 0.1) is 5.92 Å².